The summed E-state index contributed by atoms with van der Waals surface area (Å²) in [6.45, 7) is 7.34. The first-order valence-electron chi connectivity index (χ1n) is 6.76. The molecule has 0 saturated heterocycles. The summed E-state index contributed by atoms with van der Waals surface area (Å²) in [5.41, 5.74) is 1.12. The van der Waals surface area contributed by atoms with Crippen LogP contribution in [0.15, 0.2) is 29.3 Å². The largest absolute Gasteiger partial charge is 0.490 e. The Morgan fingerprint density at radius 3 is 2.90 bits per heavy atom. The number of benzene rings is 1. The van der Waals surface area contributed by atoms with Crippen molar-refractivity contribution in [3.8, 4) is 11.5 Å². The van der Waals surface area contributed by atoms with Gasteiger partial charge in [-0.15, -0.1) is 6.58 Å². The number of aliphatic hydroxyl groups excluding tert-OH is 1. The van der Waals surface area contributed by atoms with Gasteiger partial charge in [-0.25, -0.2) is 0 Å². The van der Waals surface area contributed by atoms with Gasteiger partial charge in [-0.1, -0.05) is 6.08 Å². The summed E-state index contributed by atoms with van der Waals surface area (Å²) in [6, 6.07) is 4.06. The molecule has 0 bridgehead atoms. The number of nitrogens with zero attached hydrogens (tertiary/aromatic N) is 1. The van der Waals surface area contributed by atoms with Gasteiger partial charge in [0.25, 0.3) is 0 Å². The van der Waals surface area contributed by atoms with Crippen molar-refractivity contribution in [3.05, 3.63) is 34.8 Å². The van der Waals surface area contributed by atoms with Gasteiger partial charge >= 0.3 is 0 Å². The van der Waals surface area contributed by atoms with Crippen molar-refractivity contribution in [3.63, 3.8) is 0 Å². The zero-order chi connectivity index (χ0) is 14.4. The minimum Gasteiger partial charge on any atom is -0.490 e. The van der Waals surface area contributed by atoms with Gasteiger partial charge < -0.3 is 14.6 Å². The number of hydrogen-bond acceptors (Lipinski definition) is 4. The van der Waals surface area contributed by atoms with Crippen LogP contribution in [-0.2, 0) is 6.54 Å². The fourth-order valence-corrected chi connectivity index (χ4v) is 2.80. The second-order valence-corrected chi connectivity index (χ2v) is 5.56. The minimum atomic E-state index is 0.138. The van der Waals surface area contributed by atoms with E-state index in [0.717, 1.165) is 41.0 Å². The molecule has 0 atom stereocenters. The van der Waals surface area contributed by atoms with E-state index in [9.17, 15) is 0 Å². The summed E-state index contributed by atoms with van der Waals surface area (Å²) in [7, 11) is 0. The van der Waals surface area contributed by atoms with Gasteiger partial charge in [0.1, 0.15) is 0 Å². The highest BCUT2D eigenvalue weighted by molar-refractivity contribution is 9.10. The molecule has 1 aliphatic heterocycles. The molecule has 1 aromatic carbocycles. The van der Waals surface area contributed by atoms with Gasteiger partial charge in [-0.3, -0.25) is 4.90 Å². The monoisotopic (exact) mass is 341 g/mol. The lowest BCUT2D eigenvalue weighted by atomic mass is 10.2. The van der Waals surface area contributed by atoms with Gasteiger partial charge in [0.05, 0.1) is 24.3 Å². The maximum atomic E-state index is 9.10. The van der Waals surface area contributed by atoms with Crippen LogP contribution in [0.1, 0.15) is 12.0 Å². The highest BCUT2D eigenvalue weighted by Gasteiger charge is 2.16. The van der Waals surface area contributed by atoms with Crippen LogP contribution in [0, 0.1) is 0 Å². The molecule has 0 fully saturated rings. The van der Waals surface area contributed by atoms with Crippen LogP contribution in [0.4, 0.5) is 0 Å². The Balaban J connectivity index is 2.17. The average Bonchev–Trinajstić information content (AvgIpc) is 2.65. The van der Waals surface area contributed by atoms with Crippen LogP contribution < -0.4 is 9.47 Å². The molecular weight excluding hydrogens is 322 g/mol. The summed E-state index contributed by atoms with van der Waals surface area (Å²) in [4.78, 5) is 2.12. The fraction of sp³-hybridized carbons (Fsp3) is 0.467. The zero-order valence-electron chi connectivity index (χ0n) is 11.5. The highest BCUT2D eigenvalue weighted by Crippen LogP contribution is 2.38. The Labute approximate surface area is 128 Å². The Morgan fingerprint density at radius 2 is 2.15 bits per heavy atom. The van der Waals surface area contributed by atoms with Crippen molar-refractivity contribution in [2.75, 3.05) is 32.9 Å². The van der Waals surface area contributed by atoms with Crippen LogP contribution in [0.2, 0.25) is 0 Å². The summed E-state index contributed by atoms with van der Waals surface area (Å²) >= 11 is 3.54. The molecule has 20 heavy (non-hydrogen) atoms. The van der Waals surface area contributed by atoms with Crippen molar-refractivity contribution in [1.82, 2.24) is 4.90 Å². The maximum Gasteiger partial charge on any atom is 0.175 e. The van der Waals surface area contributed by atoms with E-state index in [1.807, 2.05) is 18.2 Å². The molecule has 110 valence electrons. The van der Waals surface area contributed by atoms with Gasteiger partial charge in [-0.05, 0) is 33.6 Å². The average molecular weight is 342 g/mol. The van der Waals surface area contributed by atoms with E-state index in [0.29, 0.717) is 19.8 Å². The zero-order valence-corrected chi connectivity index (χ0v) is 13.1. The number of ether oxygens (including phenoxy) is 2. The second kappa shape index (κ2) is 7.67. The predicted octanol–water partition coefficient (Wildman–Crippen LogP) is 2.59. The topological polar surface area (TPSA) is 41.9 Å². The predicted molar refractivity (Wildman–Crippen MR) is 82.3 cm³/mol. The number of aliphatic hydroxyl groups is 1. The van der Waals surface area contributed by atoms with Crippen molar-refractivity contribution in [2.24, 2.45) is 0 Å². The minimum absolute atomic E-state index is 0.138. The number of halogens is 1. The molecule has 0 amide bonds. The second-order valence-electron chi connectivity index (χ2n) is 4.70. The van der Waals surface area contributed by atoms with Crippen molar-refractivity contribution in [1.29, 1.82) is 0 Å². The summed E-state index contributed by atoms with van der Waals surface area (Å²) in [5, 5.41) is 9.10. The lowest BCUT2D eigenvalue weighted by Gasteiger charge is -2.20. The SMILES string of the molecule is C=CCN(CCO)Cc1cc(Br)c2c(c1)OCCCO2. The summed E-state index contributed by atoms with van der Waals surface area (Å²) < 4.78 is 12.3. The summed E-state index contributed by atoms with van der Waals surface area (Å²) in [5.74, 6) is 1.57. The van der Waals surface area contributed by atoms with Crippen LogP contribution in [-0.4, -0.2) is 42.9 Å². The van der Waals surface area contributed by atoms with Crippen molar-refractivity contribution in [2.45, 2.75) is 13.0 Å². The van der Waals surface area contributed by atoms with Gasteiger partial charge in [-0.2, -0.15) is 0 Å². The van der Waals surface area contributed by atoms with E-state index in [1.165, 1.54) is 0 Å². The molecule has 0 aliphatic carbocycles. The molecule has 1 aliphatic rings. The van der Waals surface area contributed by atoms with E-state index in [2.05, 4.69) is 27.4 Å². The Hall–Kier alpha value is -1.04. The number of hydrogen-bond donors (Lipinski definition) is 1. The van der Waals surface area contributed by atoms with Gasteiger partial charge in [0, 0.05) is 26.1 Å². The fourth-order valence-electron chi connectivity index (χ4n) is 2.19. The van der Waals surface area contributed by atoms with Crippen molar-refractivity contribution < 1.29 is 14.6 Å². The Kier molecular flexibility index (Phi) is 5.88. The molecule has 4 nitrogen and oxygen atoms in total. The van der Waals surface area contributed by atoms with E-state index < -0.39 is 0 Å². The lowest BCUT2D eigenvalue weighted by molar-refractivity contribution is 0.203. The molecule has 1 aromatic rings. The molecule has 2 rings (SSSR count). The molecule has 0 radical (unpaired) electrons. The Bertz CT molecular complexity index is 465. The first-order valence-corrected chi connectivity index (χ1v) is 7.56. The number of rotatable bonds is 6. The third-order valence-electron chi connectivity index (χ3n) is 3.07. The van der Waals surface area contributed by atoms with E-state index in [1.54, 1.807) is 0 Å². The molecular formula is C15H20BrNO3. The van der Waals surface area contributed by atoms with Crippen molar-refractivity contribution >= 4 is 15.9 Å². The third kappa shape index (κ3) is 3.98. The summed E-state index contributed by atoms with van der Waals surface area (Å²) in [6.07, 6.45) is 2.73. The molecule has 5 heteroatoms. The first kappa shape index (κ1) is 15.4. The first-order chi connectivity index (χ1) is 9.74. The smallest absolute Gasteiger partial charge is 0.175 e. The standard InChI is InChI=1S/C15H20BrNO3/c1-2-4-17(5-6-18)11-12-9-13(16)15-14(10-12)19-7-3-8-20-15/h2,9-10,18H,1,3-8,11H2. The van der Waals surface area contributed by atoms with Crippen LogP contribution >= 0.6 is 15.9 Å². The van der Waals surface area contributed by atoms with Gasteiger partial charge in [0.2, 0.25) is 0 Å². The van der Waals surface area contributed by atoms with Crippen LogP contribution in [0.25, 0.3) is 0 Å². The molecule has 1 heterocycles. The highest BCUT2D eigenvalue weighted by atomic mass is 79.9. The lowest BCUT2D eigenvalue weighted by Crippen LogP contribution is -2.26. The quantitative estimate of drug-likeness (QED) is 0.807. The van der Waals surface area contributed by atoms with Crippen LogP contribution in [0.5, 0.6) is 11.5 Å². The molecule has 0 saturated carbocycles. The molecule has 1 N–H and O–H groups in total. The van der Waals surface area contributed by atoms with Crippen LogP contribution in [0.3, 0.4) is 0 Å². The Morgan fingerprint density at radius 1 is 1.35 bits per heavy atom. The van der Waals surface area contributed by atoms with Gasteiger partial charge in [0.15, 0.2) is 11.5 Å². The number of fused-ring (bicyclic) bond motifs is 1. The van der Waals surface area contributed by atoms with E-state index >= 15 is 0 Å². The normalized spacial score (nSPS) is 14.2. The maximum absolute atomic E-state index is 9.10. The van der Waals surface area contributed by atoms with E-state index in [4.69, 9.17) is 14.6 Å². The molecule has 0 spiro atoms. The van der Waals surface area contributed by atoms with E-state index in [-0.39, 0.29) is 6.61 Å². The third-order valence-corrected chi connectivity index (χ3v) is 3.66. The molecule has 0 aromatic heterocycles. The molecule has 0 unspecified atom stereocenters.